The second-order valence-corrected chi connectivity index (χ2v) is 8.20. The number of benzene rings is 1. The van der Waals surface area contributed by atoms with Gasteiger partial charge in [-0.15, -0.1) is 0 Å². The van der Waals surface area contributed by atoms with Crippen LogP contribution in [0.5, 0.6) is 0 Å². The Labute approximate surface area is 174 Å². The summed E-state index contributed by atoms with van der Waals surface area (Å²) in [5.41, 5.74) is 4.89. The third-order valence-corrected chi connectivity index (χ3v) is 5.99. The van der Waals surface area contributed by atoms with Gasteiger partial charge in [-0.25, -0.2) is 0 Å². The van der Waals surface area contributed by atoms with E-state index in [2.05, 4.69) is 59.7 Å². The van der Waals surface area contributed by atoms with Gasteiger partial charge >= 0.3 is 0 Å². The first-order chi connectivity index (χ1) is 11.5. The molecule has 1 aliphatic rings. The van der Waals surface area contributed by atoms with Gasteiger partial charge in [0.2, 0.25) is 0 Å². The van der Waals surface area contributed by atoms with Crippen LogP contribution in [0.15, 0.2) is 18.2 Å². The molecule has 0 bridgehead atoms. The van der Waals surface area contributed by atoms with Crippen LogP contribution in [0.1, 0.15) is 131 Å². The molecule has 0 atom stereocenters. The molecule has 0 aromatic heterocycles. The standard InChI is InChI=1S/C17H28.C7H14.3CH4/c1-6-11-17(8-3,12-7-2)16-13-14(4)9-10-15(16)5;1-7-5-3-2-4-6-7;;;/h9-10,13H,6-8,11-12H2,1-5H3;7H,2-6H2,1H3;3*1H4. The molecule has 1 aromatic carbocycles. The summed E-state index contributed by atoms with van der Waals surface area (Å²) < 4.78 is 0. The lowest BCUT2D eigenvalue weighted by Gasteiger charge is -2.35. The van der Waals surface area contributed by atoms with E-state index < -0.39 is 0 Å². The molecule has 27 heavy (non-hydrogen) atoms. The van der Waals surface area contributed by atoms with Crippen LogP contribution in [-0.4, -0.2) is 0 Å². The van der Waals surface area contributed by atoms with Crippen molar-refractivity contribution >= 4 is 0 Å². The molecule has 0 radical (unpaired) electrons. The first-order valence-electron chi connectivity index (χ1n) is 10.6. The van der Waals surface area contributed by atoms with E-state index in [-0.39, 0.29) is 22.3 Å². The summed E-state index contributed by atoms with van der Waals surface area (Å²) in [6, 6.07) is 6.95. The first kappa shape index (κ1) is 30.9. The Bertz CT molecular complexity index is 445. The molecule has 0 nitrogen and oxygen atoms in total. The van der Waals surface area contributed by atoms with Gasteiger partial charge in [0, 0.05) is 0 Å². The highest BCUT2D eigenvalue weighted by atomic mass is 14.3. The van der Waals surface area contributed by atoms with E-state index in [1.807, 2.05) is 0 Å². The first-order valence-corrected chi connectivity index (χ1v) is 10.6. The second-order valence-electron chi connectivity index (χ2n) is 8.20. The van der Waals surface area contributed by atoms with Crippen molar-refractivity contribution in [1.82, 2.24) is 0 Å². The smallest absolute Gasteiger partial charge is 0.00471 e. The van der Waals surface area contributed by atoms with Crippen molar-refractivity contribution < 1.29 is 0 Å². The summed E-state index contributed by atoms with van der Waals surface area (Å²) in [5.74, 6) is 1.04. The van der Waals surface area contributed by atoms with Crippen LogP contribution < -0.4 is 0 Å². The highest BCUT2D eigenvalue weighted by Crippen LogP contribution is 2.39. The van der Waals surface area contributed by atoms with Crippen LogP contribution in [0.3, 0.4) is 0 Å². The summed E-state index contributed by atoms with van der Waals surface area (Å²) in [7, 11) is 0. The zero-order valence-corrected chi connectivity index (χ0v) is 17.4. The van der Waals surface area contributed by atoms with E-state index in [1.54, 1.807) is 5.56 Å². The molecule has 0 aliphatic heterocycles. The van der Waals surface area contributed by atoms with Gasteiger partial charge in [0.15, 0.2) is 0 Å². The van der Waals surface area contributed by atoms with Crippen molar-refractivity contribution in [2.45, 2.75) is 133 Å². The molecule has 0 heteroatoms. The minimum atomic E-state index is 0. The Morgan fingerprint density at radius 2 is 1.37 bits per heavy atom. The van der Waals surface area contributed by atoms with Crippen LogP contribution in [-0.2, 0) is 5.41 Å². The predicted molar refractivity (Wildman–Crippen MR) is 130 cm³/mol. The van der Waals surface area contributed by atoms with Crippen molar-refractivity contribution in [1.29, 1.82) is 0 Å². The van der Waals surface area contributed by atoms with Crippen molar-refractivity contribution in [3.63, 3.8) is 0 Å². The maximum Gasteiger partial charge on any atom is -0.00471 e. The lowest BCUT2D eigenvalue weighted by atomic mass is 9.70. The van der Waals surface area contributed by atoms with Crippen LogP contribution in [0, 0.1) is 19.8 Å². The SMILES string of the molecule is C.C.C.CC1CCCCC1.CCCC(CC)(CCC)c1cc(C)ccc1C. The summed E-state index contributed by atoms with van der Waals surface area (Å²) in [5, 5.41) is 0. The molecule has 162 valence electrons. The van der Waals surface area contributed by atoms with Crippen LogP contribution in [0.4, 0.5) is 0 Å². The largest absolute Gasteiger partial charge is 0.0776 e. The predicted octanol–water partition coefficient (Wildman–Crippen LogP) is 10.0. The Hall–Kier alpha value is -0.780. The van der Waals surface area contributed by atoms with Gasteiger partial charge in [-0.3, -0.25) is 0 Å². The quantitative estimate of drug-likeness (QED) is 0.462. The average molecular weight is 379 g/mol. The third kappa shape index (κ3) is 9.82. The molecule has 2 rings (SSSR count). The average Bonchev–Trinajstić information content (AvgIpc) is 2.58. The summed E-state index contributed by atoms with van der Waals surface area (Å²) >= 11 is 0. The third-order valence-electron chi connectivity index (χ3n) is 5.99. The lowest BCUT2D eigenvalue weighted by Crippen LogP contribution is -2.26. The normalized spacial score (nSPS) is 14.0. The van der Waals surface area contributed by atoms with E-state index in [0.29, 0.717) is 5.41 Å². The highest BCUT2D eigenvalue weighted by molar-refractivity contribution is 5.36. The van der Waals surface area contributed by atoms with Gasteiger partial charge in [-0.2, -0.15) is 0 Å². The second kappa shape index (κ2) is 16.2. The van der Waals surface area contributed by atoms with Crippen molar-refractivity contribution in [2.24, 2.45) is 5.92 Å². The van der Waals surface area contributed by atoms with Crippen LogP contribution in [0.25, 0.3) is 0 Å². The molecule has 1 aromatic rings. The highest BCUT2D eigenvalue weighted by Gasteiger charge is 2.29. The fraction of sp³-hybridized carbons (Fsp3) is 0.778. The Kier molecular flexibility index (Phi) is 18.6. The minimum Gasteiger partial charge on any atom is -0.0776 e. The zero-order valence-electron chi connectivity index (χ0n) is 17.4. The molecule has 0 heterocycles. The van der Waals surface area contributed by atoms with Crippen LogP contribution >= 0.6 is 0 Å². The Morgan fingerprint density at radius 1 is 0.852 bits per heavy atom. The molecule has 0 amide bonds. The van der Waals surface area contributed by atoms with Gasteiger partial charge in [-0.05, 0) is 55.6 Å². The lowest BCUT2D eigenvalue weighted by molar-refractivity contribution is 0.342. The summed E-state index contributed by atoms with van der Waals surface area (Å²) in [6.45, 7) is 13.8. The molecule has 0 spiro atoms. The van der Waals surface area contributed by atoms with Gasteiger partial charge in [0.1, 0.15) is 0 Å². The fourth-order valence-corrected chi connectivity index (χ4v) is 4.51. The van der Waals surface area contributed by atoms with Crippen molar-refractivity contribution in [2.75, 3.05) is 0 Å². The minimum absolute atomic E-state index is 0. The number of aryl methyl sites for hydroxylation is 2. The Balaban J connectivity index is -0.000000492. The van der Waals surface area contributed by atoms with Gasteiger partial charge in [0.25, 0.3) is 0 Å². The Morgan fingerprint density at radius 3 is 1.74 bits per heavy atom. The van der Waals surface area contributed by atoms with E-state index in [4.69, 9.17) is 0 Å². The topological polar surface area (TPSA) is 0 Å². The molecule has 1 aliphatic carbocycles. The van der Waals surface area contributed by atoms with Gasteiger partial charge < -0.3 is 0 Å². The van der Waals surface area contributed by atoms with Gasteiger partial charge in [0.05, 0.1) is 0 Å². The van der Waals surface area contributed by atoms with E-state index in [9.17, 15) is 0 Å². The summed E-state index contributed by atoms with van der Waals surface area (Å²) in [4.78, 5) is 0. The maximum atomic E-state index is 2.42. The van der Waals surface area contributed by atoms with E-state index >= 15 is 0 Å². The van der Waals surface area contributed by atoms with Crippen molar-refractivity contribution in [3.8, 4) is 0 Å². The zero-order chi connectivity index (χ0) is 18.0. The number of hydrogen-bond acceptors (Lipinski definition) is 0. The summed E-state index contributed by atoms with van der Waals surface area (Å²) in [6.07, 6.45) is 13.9. The maximum absolute atomic E-state index is 2.42. The molecular weight excluding hydrogens is 324 g/mol. The molecular formula is C27H54. The molecule has 0 N–H and O–H groups in total. The van der Waals surface area contributed by atoms with E-state index in [0.717, 1.165) is 5.92 Å². The molecule has 0 unspecified atom stereocenters. The van der Waals surface area contributed by atoms with Crippen molar-refractivity contribution in [3.05, 3.63) is 34.9 Å². The monoisotopic (exact) mass is 378 g/mol. The molecule has 1 saturated carbocycles. The number of hydrogen-bond donors (Lipinski definition) is 0. The van der Waals surface area contributed by atoms with Gasteiger partial charge in [-0.1, -0.05) is 119 Å². The fourth-order valence-electron chi connectivity index (χ4n) is 4.51. The van der Waals surface area contributed by atoms with Crippen LogP contribution in [0.2, 0.25) is 0 Å². The molecule has 1 fully saturated rings. The molecule has 0 saturated heterocycles. The van der Waals surface area contributed by atoms with E-state index in [1.165, 1.54) is 75.3 Å². The number of rotatable bonds is 6.